The molecular formula is C22H41ClO. The molecule has 0 saturated heterocycles. The van der Waals surface area contributed by atoms with E-state index in [1.165, 1.54) is 96.3 Å². The Labute approximate surface area is 156 Å². The number of unbranched alkanes of at least 4 members (excludes halogenated alkanes) is 15. The van der Waals surface area contributed by atoms with E-state index in [1.807, 2.05) is 0 Å². The van der Waals surface area contributed by atoms with E-state index >= 15 is 0 Å². The van der Waals surface area contributed by atoms with E-state index in [1.54, 1.807) is 0 Å². The van der Waals surface area contributed by atoms with Gasteiger partial charge in [-0.05, 0) is 43.7 Å². The topological polar surface area (TPSA) is 17.1 Å². The van der Waals surface area contributed by atoms with Crippen LogP contribution in [0.1, 0.15) is 122 Å². The van der Waals surface area contributed by atoms with Gasteiger partial charge in [-0.3, -0.25) is 4.79 Å². The van der Waals surface area contributed by atoms with Gasteiger partial charge >= 0.3 is 0 Å². The van der Waals surface area contributed by atoms with E-state index in [9.17, 15) is 4.79 Å². The Morgan fingerprint density at radius 3 is 1.42 bits per heavy atom. The Kier molecular flexibility index (Phi) is 20.5. The van der Waals surface area contributed by atoms with E-state index in [0.29, 0.717) is 6.42 Å². The zero-order valence-electron chi connectivity index (χ0n) is 16.2. The highest BCUT2D eigenvalue weighted by atomic mass is 35.5. The molecule has 142 valence electrons. The Bertz CT molecular complexity index is 286. The third-order valence-electron chi connectivity index (χ3n) is 4.64. The van der Waals surface area contributed by atoms with Crippen molar-refractivity contribution in [2.24, 2.45) is 0 Å². The van der Waals surface area contributed by atoms with Gasteiger partial charge in [0, 0.05) is 6.42 Å². The molecule has 0 saturated carbocycles. The summed E-state index contributed by atoms with van der Waals surface area (Å²) >= 11 is 5.31. The Morgan fingerprint density at radius 2 is 1.00 bits per heavy atom. The Balaban J connectivity index is 3.07. The Morgan fingerprint density at radius 1 is 0.625 bits per heavy atom. The van der Waals surface area contributed by atoms with E-state index < -0.39 is 0 Å². The quantitative estimate of drug-likeness (QED) is 0.129. The highest BCUT2D eigenvalue weighted by Crippen LogP contribution is 2.12. The lowest BCUT2D eigenvalue weighted by Gasteiger charge is -2.01. The number of allylic oxidation sites excluding steroid dienone is 2. The summed E-state index contributed by atoms with van der Waals surface area (Å²) in [6, 6.07) is 0. The molecule has 0 rings (SSSR count). The number of halogens is 1. The number of carbonyl (C=O) groups is 1. The molecule has 0 aliphatic rings. The summed E-state index contributed by atoms with van der Waals surface area (Å²) in [6.45, 7) is 2.28. The standard InChI is InChI=1S/C22H41ClO/c1-2-3-4-5-6-7-8-9-10-11-12-13-14-15-16-17-18-19-20-21-22(23)24/h13-14H,2-12,15-21H2,1H3. The van der Waals surface area contributed by atoms with Crippen LogP contribution in [0.5, 0.6) is 0 Å². The van der Waals surface area contributed by atoms with Crippen LogP contribution in [-0.4, -0.2) is 5.24 Å². The van der Waals surface area contributed by atoms with Crippen molar-refractivity contribution in [3.05, 3.63) is 12.2 Å². The van der Waals surface area contributed by atoms with Crippen LogP contribution >= 0.6 is 11.6 Å². The molecular weight excluding hydrogens is 316 g/mol. The average molecular weight is 357 g/mol. The summed E-state index contributed by atoms with van der Waals surface area (Å²) in [4.78, 5) is 10.6. The van der Waals surface area contributed by atoms with Crippen LogP contribution in [0.3, 0.4) is 0 Å². The minimum Gasteiger partial charge on any atom is -0.281 e. The molecule has 0 aromatic heterocycles. The van der Waals surface area contributed by atoms with Crippen molar-refractivity contribution < 1.29 is 4.79 Å². The van der Waals surface area contributed by atoms with Crippen LogP contribution < -0.4 is 0 Å². The number of rotatable bonds is 19. The van der Waals surface area contributed by atoms with Gasteiger partial charge in [0.25, 0.3) is 0 Å². The van der Waals surface area contributed by atoms with Gasteiger partial charge in [-0.25, -0.2) is 0 Å². The zero-order chi connectivity index (χ0) is 17.7. The second-order valence-corrected chi connectivity index (χ2v) is 7.53. The van der Waals surface area contributed by atoms with E-state index in [0.717, 1.165) is 12.8 Å². The number of carbonyl (C=O) groups excluding carboxylic acids is 1. The first-order valence-electron chi connectivity index (χ1n) is 10.6. The van der Waals surface area contributed by atoms with Gasteiger partial charge in [-0.2, -0.15) is 0 Å². The average Bonchev–Trinajstić information content (AvgIpc) is 2.56. The predicted molar refractivity (Wildman–Crippen MR) is 109 cm³/mol. The fourth-order valence-electron chi connectivity index (χ4n) is 3.04. The lowest BCUT2D eigenvalue weighted by Crippen LogP contribution is -1.86. The van der Waals surface area contributed by atoms with Crippen LogP contribution in [0.2, 0.25) is 0 Å². The maximum Gasteiger partial charge on any atom is 0.221 e. The molecule has 24 heavy (non-hydrogen) atoms. The van der Waals surface area contributed by atoms with Gasteiger partial charge in [0.2, 0.25) is 5.24 Å². The molecule has 0 aromatic rings. The monoisotopic (exact) mass is 356 g/mol. The second-order valence-electron chi connectivity index (χ2n) is 7.10. The Hall–Kier alpha value is -0.300. The smallest absolute Gasteiger partial charge is 0.221 e. The van der Waals surface area contributed by atoms with Crippen molar-refractivity contribution in [2.75, 3.05) is 0 Å². The molecule has 0 aliphatic heterocycles. The minimum atomic E-state index is -0.190. The van der Waals surface area contributed by atoms with Crippen LogP contribution in [-0.2, 0) is 4.79 Å². The molecule has 0 amide bonds. The summed E-state index contributed by atoms with van der Waals surface area (Å²) in [6.07, 6.45) is 27.8. The van der Waals surface area contributed by atoms with Crippen molar-refractivity contribution in [3.8, 4) is 0 Å². The van der Waals surface area contributed by atoms with E-state index in [2.05, 4.69) is 19.1 Å². The van der Waals surface area contributed by atoms with Gasteiger partial charge in [-0.1, -0.05) is 96.1 Å². The summed E-state index contributed by atoms with van der Waals surface area (Å²) in [5.74, 6) is 0. The molecule has 0 bridgehead atoms. The number of hydrogen-bond acceptors (Lipinski definition) is 1. The van der Waals surface area contributed by atoms with Gasteiger partial charge in [0.15, 0.2) is 0 Å². The summed E-state index contributed by atoms with van der Waals surface area (Å²) in [7, 11) is 0. The largest absolute Gasteiger partial charge is 0.281 e. The third kappa shape index (κ3) is 21.7. The summed E-state index contributed by atoms with van der Waals surface area (Å²) < 4.78 is 0. The molecule has 0 aromatic carbocycles. The predicted octanol–water partition coefficient (Wildman–Crippen LogP) is 8.35. The molecule has 0 spiro atoms. The molecule has 1 nitrogen and oxygen atoms in total. The molecule has 0 fully saturated rings. The summed E-state index contributed by atoms with van der Waals surface area (Å²) in [5.41, 5.74) is 0. The lowest BCUT2D eigenvalue weighted by atomic mass is 10.1. The van der Waals surface area contributed by atoms with Crippen molar-refractivity contribution in [1.29, 1.82) is 0 Å². The van der Waals surface area contributed by atoms with Crippen LogP contribution in [0, 0.1) is 0 Å². The first-order chi connectivity index (χ1) is 11.8. The first kappa shape index (κ1) is 23.7. The molecule has 0 N–H and O–H groups in total. The molecule has 0 unspecified atom stereocenters. The van der Waals surface area contributed by atoms with Crippen LogP contribution in [0.15, 0.2) is 12.2 Å². The maximum atomic E-state index is 10.6. The normalized spacial score (nSPS) is 11.4. The molecule has 0 atom stereocenters. The lowest BCUT2D eigenvalue weighted by molar-refractivity contribution is -0.111. The third-order valence-corrected chi connectivity index (χ3v) is 4.82. The SMILES string of the molecule is CCCCCCCCCCCCC=CCCCCCCCC(=O)Cl. The molecule has 2 heteroatoms. The number of hydrogen-bond donors (Lipinski definition) is 0. The van der Waals surface area contributed by atoms with Crippen LogP contribution in [0.25, 0.3) is 0 Å². The highest BCUT2D eigenvalue weighted by Gasteiger charge is 1.95. The second kappa shape index (κ2) is 20.7. The molecule has 0 aliphatic carbocycles. The molecule has 0 radical (unpaired) electrons. The molecule has 0 heterocycles. The van der Waals surface area contributed by atoms with Gasteiger partial charge in [0.05, 0.1) is 0 Å². The summed E-state index contributed by atoms with van der Waals surface area (Å²) in [5, 5.41) is -0.190. The highest BCUT2D eigenvalue weighted by molar-refractivity contribution is 6.63. The van der Waals surface area contributed by atoms with E-state index in [-0.39, 0.29) is 5.24 Å². The van der Waals surface area contributed by atoms with Gasteiger partial charge < -0.3 is 0 Å². The van der Waals surface area contributed by atoms with Crippen molar-refractivity contribution in [3.63, 3.8) is 0 Å². The van der Waals surface area contributed by atoms with Crippen molar-refractivity contribution in [2.45, 2.75) is 122 Å². The van der Waals surface area contributed by atoms with Gasteiger partial charge in [-0.15, -0.1) is 0 Å². The van der Waals surface area contributed by atoms with E-state index in [4.69, 9.17) is 11.6 Å². The zero-order valence-corrected chi connectivity index (χ0v) is 16.9. The maximum absolute atomic E-state index is 10.6. The van der Waals surface area contributed by atoms with Crippen LogP contribution in [0.4, 0.5) is 0 Å². The van der Waals surface area contributed by atoms with Gasteiger partial charge in [0.1, 0.15) is 0 Å². The first-order valence-corrected chi connectivity index (χ1v) is 11.0. The fraction of sp³-hybridized carbons (Fsp3) is 0.864. The fourth-order valence-corrected chi connectivity index (χ4v) is 3.18. The minimum absolute atomic E-state index is 0.190. The van der Waals surface area contributed by atoms with Crippen molar-refractivity contribution >= 4 is 16.8 Å². The van der Waals surface area contributed by atoms with Crippen molar-refractivity contribution in [1.82, 2.24) is 0 Å².